The van der Waals surface area contributed by atoms with E-state index in [2.05, 4.69) is 21.5 Å². The van der Waals surface area contributed by atoms with E-state index in [1.165, 1.54) is 0 Å². The van der Waals surface area contributed by atoms with Gasteiger partial charge in [-0.25, -0.2) is 9.64 Å². The maximum atomic E-state index is 10.9. The molecule has 0 spiro atoms. The van der Waals surface area contributed by atoms with Gasteiger partial charge in [0.15, 0.2) is 5.69 Å². The van der Waals surface area contributed by atoms with Gasteiger partial charge >= 0.3 is 6.03 Å². The summed E-state index contributed by atoms with van der Waals surface area (Å²) >= 11 is 0. The van der Waals surface area contributed by atoms with Crippen LogP contribution in [0.2, 0.25) is 0 Å². The van der Waals surface area contributed by atoms with Gasteiger partial charge in [-0.15, -0.1) is 12.4 Å². The van der Waals surface area contributed by atoms with Crippen molar-refractivity contribution in [3.05, 3.63) is 76.6 Å². The molecule has 0 atom stereocenters. The van der Waals surface area contributed by atoms with Crippen molar-refractivity contribution >= 4 is 24.1 Å². The minimum absolute atomic E-state index is 0. The normalized spacial score (nSPS) is 8.48. The fourth-order valence-electron chi connectivity index (χ4n) is 1.84. The number of nitriles is 1. The Hall–Kier alpha value is -3.06. The van der Waals surface area contributed by atoms with Crippen molar-refractivity contribution in [2.45, 2.75) is 13.1 Å². The molecule has 0 saturated carbocycles. The van der Waals surface area contributed by atoms with Crippen molar-refractivity contribution in [1.29, 1.82) is 5.26 Å². The van der Waals surface area contributed by atoms with Crippen LogP contribution in [0.3, 0.4) is 0 Å². The summed E-state index contributed by atoms with van der Waals surface area (Å²) < 4.78 is 0. The molecule has 0 radical (unpaired) electrons. The number of nitrogens with zero attached hydrogens (tertiary/aromatic N) is 2. The Morgan fingerprint density at radius 1 is 1.20 bits per heavy atom. The van der Waals surface area contributed by atoms with Gasteiger partial charge in [0, 0.05) is 20.1 Å². The third-order valence-electron chi connectivity index (χ3n) is 3.14. The summed E-state index contributed by atoms with van der Waals surface area (Å²) in [5.41, 5.74) is 8.35. The number of hydrogen-bond acceptors (Lipinski definition) is 3. The molecule has 2 aromatic carbocycles. The molecule has 2 aromatic rings. The zero-order chi connectivity index (χ0) is 17.8. The second kappa shape index (κ2) is 12.4. The minimum Gasteiger partial charge on any atom is -0.341 e. The second-order valence-electron chi connectivity index (χ2n) is 4.65. The molecule has 0 aliphatic rings. The topological polar surface area (TPSA) is 95.3 Å². The van der Waals surface area contributed by atoms with E-state index >= 15 is 0 Å². The molecule has 0 aromatic heterocycles. The number of halogens is 1. The molecule has 130 valence electrons. The van der Waals surface area contributed by atoms with Gasteiger partial charge in [-0.05, 0) is 17.2 Å². The Labute approximate surface area is 153 Å². The lowest BCUT2D eigenvalue weighted by molar-refractivity contribution is 0.242. The average molecular weight is 358 g/mol. The Kier molecular flexibility index (Phi) is 10.9. The summed E-state index contributed by atoms with van der Waals surface area (Å²) in [6, 6.07) is 16.4. The first-order valence-corrected chi connectivity index (χ1v) is 7.25. The molecular formula is C18H20ClN5O. The monoisotopic (exact) mass is 357 g/mol. The predicted molar refractivity (Wildman–Crippen MR) is 100 cm³/mol. The largest absolute Gasteiger partial charge is 0.341 e. The zero-order valence-electron chi connectivity index (χ0n) is 13.8. The molecule has 25 heavy (non-hydrogen) atoms. The number of nitrogens with two attached hydrogens (primary N) is 1. The van der Waals surface area contributed by atoms with E-state index in [-0.39, 0.29) is 18.4 Å². The van der Waals surface area contributed by atoms with E-state index < -0.39 is 0 Å². The lowest BCUT2D eigenvalue weighted by Gasteiger charge is -2.05. The lowest BCUT2D eigenvalue weighted by Crippen LogP contribution is -2.32. The third-order valence-corrected chi connectivity index (χ3v) is 3.14. The first-order valence-electron chi connectivity index (χ1n) is 7.25. The number of rotatable bonds is 3. The smallest absolute Gasteiger partial charge is 0.314 e. The number of benzene rings is 2. The zero-order valence-corrected chi connectivity index (χ0v) is 14.6. The first kappa shape index (κ1) is 21.9. The van der Waals surface area contributed by atoms with E-state index in [1.54, 1.807) is 25.2 Å². The van der Waals surface area contributed by atoms with Crippen LogP contribution in [0.1, 0.15) is 16.7 Å². The predicted octanol–water partition coefficient (Wildman–Crippen LogP) is 3.11. The highest BCUT2D eigenvalue weighted by Crippen LogP contribution is 2.17. The molecule has 2 amide bonds. The Balaban J connectivity index is 0.000000465. The van der Waals surface area contributed by atoms with Crippen LogP contribution in [0.25, 0.3) is 4.85 Å². The van der Waals surface area contributed by atoms with E-state index in [4.69, 9.17) is 17.6 Å². The van der Waals surface area contributed by atoms with Crippen LogP contribution in [0.4, 0.5) is 10.5 Å². The number of urea groups is 1. The van der Waals surface area contributed by atoms with Crippen LogP contribution in [0.5, 0.6) is 0 Å². The van der Waals surface area contributed by atoms with Gasteiger partial charge in [0.2, 0.25) is 0 Å². The van der Waals surface area contributed by atoms with Crippen molar-refractivity contribution < 1.29 is 4.79 Å². The number of amides is 2. The standard InChI is InChI=1S/C10H11N3O.C8H8N2.ClH/c1-11-9-6-4-3-5-8(9)7-13-10(14)12-2;9-5-7-3-1-2-4-8(7)6-10;/h3-6H,7H2,2H3,(H2,12,13,14);1-4H,5,9H2;1H. The number of carbonyl (C=O) groups is 1. The molecule has 0 heterocycles. The highest BCUT2D eigenvalue weighted by molar-refractivity contribution is 5.85. The molecule has 0 aliphatic carbocycles. The number of nitrogens with one attached hydrogen (secondary N) is 2. The summed E-state index contributed by atoms with van der Waals surface area (Å²) in [6.45, 7) is 7.72. The summed E-state index contributed by atoms with van der Waals surface area (Å²) in [6.07, 6.45) is 0. The van der Waals surface area contributed by atoms with Crippen molar-refractivity contribution in [2.75, 3.05) is 7.05 Å². The van der Waals surface area contributed by atoms with Crippen LogP contribution >= 0.6 is 12.4 Å². The SMILES string of the molecule is Cl.N#Cc1ccccc1CN.[C-]#[N+]c1ccccc1CNC(=O)NC. The molecule has 0 saturated heterocycles. The van der Waals surface area contributed by atoms with Gasteiger partial charge in [-0.1, -0.05) is 42.5 Å². The summed E-state index contributed by atoms with van der Waals surface area (Å²) in [7, 11) is 1.55. The highest BCUT2D eigenvalue weighted by atomic mass is 35.5. The summed E-state index contributed by atoms with van der Waals surface area (Å²) in [5, 5.41) is 13.6. The fourth-order valence-corrected chi connectivity index (χ4v) is 1.84. The van der Waals surface area contributed by atoms with E-state index in [1.807, 2.05) is 30.3 Å². The van der Waals surface area contributed by atoms with Gasteiger partial charge in [0.05, 0.1) is 18.2 Å². The quantitative estimate of drug-likeness (QED) is 0.736. The van der Waals surface area contributed by atoms with Crippen molar-refractivity contribution in [1.82, 2.24) is 10.6 Å². The Morgan fingerprint density at radius 2 is 1.80 bits per heavy atom. The van der Waals surface area contributed by atoms with Crippen LogP contribution in [0, 0.1) is 17.9 Å². The molecule has 0 aliphatic heterocycles. The number of carbonyl (C=O) groups excluding carboxylic acids is 1. The van der Waals surface area contributed by atoms with Gasteiger partial charge in [-0.2, -0.15) is 5.26 Å². The van der Waals surface area contributed by atoms with E-state index in [0.717, 1.165) is 11.1 Å². The van der Waals surface area contributed by atoms with Crippen LogP contribution in [-0.4, -0.2) is 13.1 Å². The van der Waals surface area contributed by atoms with Gasteiger partial charge in [0.25, 0.3) is 0 Å². The summed E-state index contributed by atoms with van der Waals surface area (Å²) in [4.78, 5) is 14.2. The molecule has 0 unspecified atom stereocenters. The van der Waals surface area contributed by atoms with Crippen molar-refractivity contribution in [3.8, 4) is 6.07 Å². The second-order valence-corrected chi connectivity index (χ2v) is 4.65. The molecule has 0 bridgehead atoms. The van der Waals surface area contributed by atoms with Gasteiger partial charge in [-0.3, -0.25) is 0 Å². The van der Waals surface area contributed by atoms with Crippen molar-refractivity contribution in [2.24, 2.45) is 5.73 Å². The average Bonchev–Trinajstić information content (AvgIpc) is 2.66. The number of para-hydroxylation sites is 1. The molecule has 4 N–H and O–H groups in total. The lowest BCUT2D eigenvalue weighted by atomic mass is 10.1. The molecule has 7 heteroatoms. The van der Waals surface area contributed by atoms with Crippen LogP contribution in [0.15, 0.2) is 48.5 Å². The first-order chi connectivity index (χ1) is 11.7. The Bertz CT molecular complexity index is 765. The van der Waals surface area contributed by atoms with E-state index in [0.29, 0.717) is 24.3 Å². The minimum atomic E-state index is -0.246. The highest BCUT2D eigenvalue weighted by Gasteiger charge is 2.01. The third kappa shape index (κ3) is 7.36. The van der Waals surface area contributed by atoms with E-state index in [9.17, 15) is 4.79 Å². The fraction of sp³-hybridized carbons (Fsp3) is 0.167. The van der Waals surface area contributed by atoms with Crippen molar-refractivity contribution in [3.63, 3.8) is 0 Å². The van der Waals surface area contributed by atoms with Crippen LogP contribution < -0.4 is 16.4 Å². The number of hydrogen-bond donors (Lipinski definition) is 3. The summed E-state index contributed by atoms with van der Waals surface area (Å²) in [5.74, 6) is 0. The molecule has 2 rings (SSSR count). The maximum Gasteiger partial charge on any atom is 0.314 e. The molecular weight excluding hydrogens is 338 g/mol. The van der Waals surface area contributed by atoms with Gasteiger partial charge < -0.3 is 16.4 Å². The van der Waals surface area contributed by atoms with Crippen LogP contribution in [-0.2, 0) is 13.1 Å². The molecule has 6 nitrogen and oxygen atoms in total. The van der Waals surface area contributed by atoms with Gasteiger partial charge in [0.1, 0.15) is 0 Å². The Morgan fingerprint density at radius 3 is 2.32 bits per heavy atom. The molecule has 0 fully saturated rings. The maximum absolute atomic E-state index is 10.9.